The Balaban J connectivity index is 1.59. The van der Waals surface area contributed by atoms with Crippen molar-refractivity contribution in [3.05, 3.63) is 108 Å². The van der Waals surface area contributed by atoms with E-state index in [0.717, 1.165) is 16.7 Å². The molecular formula is C32H40O7. The van der Waals surface area contributed by atoms with Crippen LogP contribution in [0.5, 0.6) is 0 Å². The normalized spacial score (nSPS) is 23.9. The maximum absolute atomic E-state index is 6.59. The largest absolute Gasteiger partial charge is 0.368 e. The molecule has 3 aromatic rings. The predicted molar refractivity (Wildman–Crippen MR) is 148 cm³/mol. The highest BCUT2D eigenvalue weighted by molar-refractivity contribution is 5.15. The third-order valence-corrected chi connectivity index (χ3v) is 6.58. The van der Waals surface area contributed by atoms with Crippen molar-refractivity contribution in [2.45, 2.75) is 70.7 Å². The molecule has 3 aromatic carbocycles. The molecule has 210 valence electrons. The van der Waals surface area contributed by atoms with Crippen molar-refractivity contribution in [3.63, 3.8) is 0 Å². The van der Waals surface area contributed by atoms with E-state index in [1.54, 1.807) is 7.11 Å². The van der Waals surface area contributed by atoms with E-state index < -0.39 is 30.7 Å². The number of benzene rings is 3. The molecule has 1 unspecified atom stereocenters. The molecule has 0 spiro atoms. The highest BCUT2D eigenvalue weighted by Crippen LogP contribution is 2.31. The Morgan fingerprint density at radius 2 is 1.10 bits per heavy atom. The molecule has 7 heteroatoms. The Morgan fingerprint density at radius 1 is 0.641 bits per heavy atom. The maximum Gasteiger partial charge on any atom is 0.186 e. The van der Waals surface area contributed by atoms with E-state index in [4.69, 9.17) is 33.2 Å². The van der Waals surface area contributed by atoms with Gasteiger partial charge in [-0.05, 0) is 30.5 Å². The van der Waals surface area contributed by atoms with E-state index in [-0.39, 0.29) is 12.9 Å². The van der Waals surface area contributed by atoms with Crippen LogP contribution in [0.25, 0.3) is 0 Å². The second kappa shape index (κ2) is 15.8. The maximum atomic E-state index is 6.59. The van der Waals surface area contributed by atoms with Crippen molar-refractivity contribution in [1.29, 1.82) is 0 Å². The summed E-state index contributed by atoms with van der Waals surface area (Å²) in [6.45, 7) is 5.77. The van der Waals surface area contributed by atoms with Gasteiger partial charge in [-0.2, -0.15) is 0 Å². The highest BCUT2D eigenvalue weighted by atomic mass is 16.7. The Kier molecular flexibility index (Phi) is 11.9. The summed E-state index contributed by atoms with van der Waals surface area (Å²) in [6, 6.07) is 30.1. The lowest BCUT2D eigenvalue weighted by Crippen LogP contribution is -2.61. The van der Waals surface area contributed by atoms with Gasteiger partial charge in [-0.3, -0.25) is 0 Å². The minimum Gasteiger partial charge on any atom is -0.368 e. The summed E-state index contributed by atoms with van der Waals surface area (Å²) < 4.78 is 43.4. The van der Waals surface area contributed by atoms with Crippen LogP contribution in [0.3, 0.4) is 0 Å². The molecule has 1 heterocycles. The quantitative estimate of drug-likeness (QED) is 0.237. The van der Waals surface area contributed by atoms with Crippen LogP contribution in [-0.4, -0.2) is 57.3 Å². The van der Waals surface area contributed by atoms with Crippen LogP contribution in [0.1, 0.15) is 30.5 Å². The van der Waals surface area contributed by atoms with Crippen LogP contribution in [0.4, 0.5) is 0 Å². The number of ether oxygens (including phenoxy) is 7. The molecule has 4 rings (SSSR count). The van der Waals surface area contributed by atoms with Crippen LogP contribution in [0, 0.1) is 0 Å². The summed E-state index contributed by atoms with van der Waals surface area (Å²) in [5.74, 6) is 0. The van der Waals surface area contributed by atoms with Crippen molar-refractivity contribution >= 4 is 0 Å². The molecule has 0 bridgehead atoms. The lowest BCUT2D eigenvalue weighted by atomic mass is 9.97. The first kappa shape index (κ1) is 29.4. The summed E-state index contributed by atoms with van der Waals surface area (Å²) in [5.41, 5.74) is 3.16. The molecule has 1 aliphatic rings. The molecule has 7 nitrogen and oxygen atoms in total. The Bertz CT molecular complexity index is 1050. The van der Waals surface area contributed by atoms with Gasteiger partial charge in [0.05, 0.1) is 26.4 Å². The minimum atomic E-state index is -0.679. The predicted octanol–water partition coefficient (Wildman–Crippen LogP) is 5.51. The van der Waals surface area contributed by atoms with Gasteiger partial charge in [-0.15, -0.1) is 0 Å². The summed E-state index contributed by atoms with van der Waals surface area (Å²) in [6.07, 6.45) is -3.06. The van der Waals surface area contributed by atoms with Gasteiger partial charge in [-0.1, -0.05) is 91.0 Å². The molecule has 0 aromatic heterocycles. The molecule has 0 amide bonds. The Morgan fingerprint density at radius 3 is 1.56 bits per heavy atom. The van der Waals surface area contributed by atoms with Crippen LogP contribution >= 0.6 is 0 Å². The lowest BCUT2D eigenvalue weighted by Gasteiger charge is -2.45. The lowest BCUT2D eigenvalue weighted by molar-refractivity contribution is -0.327. The first-order chi connectivity index (χ1) is 19.2. The second-order valence-corrected chi connectivity index (χ2v) is 9.42. The SMILES string of the molecule is CCOC(C)OC[C@H]1O[C@H](OC)[C@H](OCc2ccccc2)[C@@H](OCc2ccccc2)[C@@H]1OCc1ccccc1. The van der Waals surface area contributed by atoms with Crippen LogP contribution in [0.15, 0.2) is 91.0 Å². The third kappa shape index (κ3) is 8.95. The molecule has 6 atom stereocenters. The van der Waals surface area contributed by atoms with E-state index in [9.17, 15) is 0 Å². The van der Waals surface area contributed by atoms with Crippen LogP contribution in [0.2, 0.25) is 0 Å². The average Bonchev–Trinajstić information content (AvgIpc) is 2.98. The number of hydrogen-bond donors (Lipinski definition) is 0. The van der Waals surface area contributed by atoms with Gasteiger partial charge in [0.2, 0.25) is 0 Å². The zero-order valence-electron chi connectivity index (χ0n) is 23.0. The second-order valence-electron chi connectivity index (χ2n) is 9.42. The molecule has 1 aliphatic heterocycles. The molecule has 0 radical (unpaired) electrons. The standard InChI is InChI=1S/C32H40O7/c1-4-34-24(2)35-23-28-29(36-20-25-14-8-5-9-15-25)30(37-21-26-16-10-6-11-17-26)31(32(33-3)39-28)38-22-27-18-12-7-13-19-27/h5-19,24,28-32H,4,20-23H2,1-3H3/t24?,28-,29-,30+,31-,32+/m1/s1. The van der Waals surface area contributed by atoms with E-state index >= 15 is 0 Å². The summed E-state index contributed by atoms with van der Waals surface area (Å²) >= 11 is 0. The molecule has 0 aliphatic carbocycles. The van der Waals surface area contributed by atoms with E-state index in [1.807, 2.05) is 105 Å². The summed E-state index contributed by atoms with van der Waals surface area (Å²) in [4.78, 5) is 0. The van der Waals surface area contributed by atoms with Crippen LogP contribution < -0.4 is 0 Å². The molecule has 39 heavy (non-hydrogen) atoms. The van der Waals surface area contributed by atoms with Gasteiger partial charge in [0.15, 0.2) is 12.6 Å². The summed E-state index contributed by atoms with van der Waals surface area (Å²) in [5, 5.41) is 0. The minimum absolute atomic E-state index is 0.247. The van der Waals surface area contributed by atoms with Crippen molar-refractivity contribution in [1.82, 2.24) is 0 Å². The van der Waals surface area contributed by atoms with Gasteiger partial charge in [0, 0.05) is 13.7 Å². The van der Waals surface area contributed by atoms with Gasteiger partial charge in [0.1, 0.15) is 24.4 Å². The fourth-order valence-electron chi connectivity index (χ4n) is 4.58. The Labute approximate surface area is 231 Å². The van der Waals surface area contributed by atoms with Crippen molar-refractivity contribution in [2.24, 2.45) is 0 Å². The molecule has 1 saturated heterocycles. The molecule has 0 saturated carbocycles. The van der Waals surface area contributed by atoms with Crippen molar-refractivity contribution < 1.29 is 33.2 Å². The van der Waals surface area contributed by atoms with Gasteiger partial charge >= 0.3 is 0 Å². The molecule has 0 N–H and O–H groups in total. The first-order valence-corrected chi connectivity index (χ1v) is 13.6. The van der Waals surface area contributed by atoms with Gasteiger partial charge in [0.25, 0.3) is 0 Å². The van der Waals surface area contributed by atoms with E-state index in [1.165, 1.54) is 0 Å². The van der Waals surface area contributed by atoms with Crippen molar-refractivity contribution in [3.8, 4) is 0 Å². The number of hydrogen-bond acceptors (Lipinski definition) is 7. The average molecular weight is 537 g/mol. The topological polar surface area (TPSA) is 64.6 Å². The van der Waals surface area contributed by atoms with Gasteiger partial charge < -0.3 is 33.2 Å². The molecular weight excluding hydrogens is 496 g/mol. The van der Waals surface area contributed by atoms with Crippen LogP contribution in [-0.2, 0) is 53.0 Å². The third-order valence-electron chi connectivity index (χ3n) is 6.58. The molecule has 1 fully saturated rings. The van der Waals surface area contributed by atoms with E-state index in [2.05, 4.69) is 0 Å². The smallest absolute Gasteiger partial charge is 0.186 e. The monoisotopic (exact) mass is 536 g/mol. The first-order valence-electron chi connectivity index (χ1n) is 13.6. The highest BCUT2D eigenvalue weighted by Gasteiger charge is 2.49. The van der Waals surface area contributed by atoms with E-state index in [0.29, 0.717) is 26.4 Å². The number of rotatable bonds is 15. The summed E-state index contributed by atoms with van der Waals surface area (Å²) in [7, 11) is 1.61. The fourth-order valence-corrected chi connectivity index (χ4v) is 4.58. The fraction of sp³-hybridized carbons (Fsp3) is 0.438. The number of methoxy groups -OCH3 is 1. The zero-order valence-corrected chi connectivity index (χ0v) is 23.0. The van der Waals surface area contributed by atoms with Crippen molar-refractivity contribution in [2.75, 3.05) is 20.3 Å². The van der Waals surface area contributed by atoms with Gasteiger partial charge in [-0.25, -0.2) is 0 Å². The zero-order chi connectivity index (χ0) is 27.3. The Hall–Kier alpha value is -2.62.